The van der Waals surface area contributed by atoms with Crippen LogP contribution in [0.1, 0.15) is 16.8 Å². The lowest BCUT2D eigenvalue weighted by atomic mass is 10.1. The number of hydrogen-bond donors (Lipinski definition) is 1. The molecule has 1 aliphatic rings. The molecule has 0 saturated heterocycles. The van der Waals surface area contributed by atoms with Crippen molar-refractivity contribution in [2.45, 2.75) is 19.6 Å². The summed E-state index contributed by atoms with van der Waals surface area (Å²) in [6, 6.07) is 11.8. The van der Waals surface area contributed by atoms with E-state index in [9.17, 15) is 0 Å². The molecular weight excluding hydrogens is 302 g/mol. The maximum absolute atomic E-state index is 9.06. The molecule has 1 N–H and O–H groups in total. The first kappa shape index (κ1) is 16.2. The zero-order chi connectivity index (χ0) is 16.6. The number of benzene rings is 1. The Kier molecular flexibility index (Phi) is 5.58. The quantitative estimate of drug-likeness (QED) is 0.848. The van der Waals surface area contributed by atoms with Gasteiger partial charge in [0.2, 0.25) is 0 Å². The van der Waals surface area contributed by atoms with Crippen LogP contribution in [0.2, 0.25) is 0 Å². The van der Waals surface area contributed by atoms with Gasteiger partial charge in [-0.25, -0.2) is 0 Å². The average molecular weight is 323 g/mol. The number of nitrogens with zero attached hydrogens (tertiary/aromatic N) is 3. The number of allylic oxidation sites excluding steroid dienone is 1. The Morgan fingerprint density at radius 3 is 2.62 bits per heavy atom. The van der Waals surface area contributed by atoms with E-state index >= 15 is 0 Å². The van der Waals surface area contributed by atoms with E-state index in [2.05, 4.69) is 39.5 Å². The van der Waals surface area contributed by atoms with Crippen molar-refractivity contribution in [3.8, 4) is 0 Å². The molecule has 0 spiro atoms. The Hall–Kier alpha value is -2.66. The second-order valence-electron chi connectivity index (χ2n) is 5.65. The fourth-order valence-corrected chi connectivity index (χ4v) is 2.44. The van der Waals surface area contributed by atoms with Crippen LogP contribution in [0, 0.1) is 0 Å². The molecule has 1 aromatic carbocycles. The van der Waals surface area contributed by atoms with Crippen LogP contribution in [0.25, 0.3) is 0 Å². The van der Waals surface area contributed by atoms with Gasteiger partial charge in [0, 0.05) is 25.5 Å². The van der Waals surface area contributed by atoms with Crippen LogP contribution in [-0.4, -0.2) is 33.3 Å². The van der Waals surface area contributed by atoms with Crippen molar-refractivity contribution in [3.05, 3.63) is 83.5 Å². The Bertz CT molecular complexity index is 696. The van der Waals surface area contributed by atoms with Gasteiger partial charge in [0.15, 0.2) is 0 Å². The Balaban J connectivity index is 1.42. The Labute approximate surface area is 141 Å². The normalized spacial score (nSPS) is 13.7. The molecule has 0 atom stereocenters. The molecule has 0 unspecified atom stereocenters. The van der Waals surface area contributed by atoms with Gasteiger partial charge in [0.25, 0.3) is 0 Å². The Morgan fingerprint density at radius 1 is 1.12 bits per heavy atom. The molecule has 1 aromatic heterocycles. The molecule has 0 saturated carbocycles. The van der Waals surface area contributed by atoms with Gasteiger partial charge in [-0.3, -0.25) is 0 Å². The molecule has 0 amide bonds. The second-order valence-corrected chi connectivity index (χ2v) is 5.65. The summed E-state index contributed by atoms with van der Waals surface area (Å²) < 4.78 is 5.73. The fraction of sp³-hybridized carbons (Fsp3) is 0.263. The highest BCUT2D eigenvalue weighted by Crippen LogP contribution is 2.12. The molecule has 1 aliphatic heterocycles. The summed E-state index contributed by atoms with van der Waals surface area (Å²) in [6.45, 7) is 2.31. The van der Waals surface area contributed by atoms with Crippen LogP contribution in [0.3, 0.4) is 0 Å². The van der Waals surface area contributed by atoms with Crippen molar-refractivity contribution in [1.82, 2.24) is 15.1 Å². The maximum atomic E-state index is 9.06. The van der Waals surface area contributed by atoms with Gasteiger partial charge in [-0.15, -0.1) is 0 Å². The van der Waals surface area contributed by atoms with Crippen molar-refractivity contribution >= 4 is 0 Å². The minimum absolute atomic E-state index is 0.0945. The van der Waals surface area contributed by atoms with Crippen molar-refractivity contribution in [2.24, 2.45) is 0 Å². The number of aliphatic hydroxyl groups excluding tert-OH is 1. The molecule has 0 radical (unpaired) electrons. The first-order valence-corrected chi connectivity index (χ1v) is 8.04. The van der Waals surface area contributed by atoms with Crippen molar-refractivity contribution in [2.75, 3.05) is 13.1 Å². The topological polar surface area (TPSA) is 58.5 Å². The minimum atomic E-state index is 0.0945. The standard InChI is InChI=1S/C19H21N3O2/c23-14-17-5-3-16(4-6-17)7-11-22-12-8-19(9-13-22)24-15-18-2-1-10-20-21-18/h1-6,8-10,12,23H,7,11,13-15H2. The first-order valence-electron chi connectivity index (χ1n) is 8.04. The molecule has 3 rings (SSSR count). The number of aromatic nitrogens is 2. The molecule has 0 fully saturated rings. The summed E-state index contributed by atoms with van der Waals surface area (Å²) in [4.78, 5) is 2.25. The van der Waals surface area contributed by atoms with Crippen LogP contribution < -0.4 is 0 Å². The third kappa shape index (κ3) is 4.67. The molecule has 2 heterocycles. The van der Waals surface area contributed by atoms with Crippen LogP contribution in [0.15, 0.2) is 66.7 Å². The van der Waals surface area contributed by atoms with Gasteiger partial charge in [0.05, 0.1) is 6.61 Å². The summed E-state index contributed by atoms with van der Waals surface area (Å²) >= 11 is 0. The zero-order valence-corrected chi connectivity index (χ0v) is 13.5. The van der Waals surface area contributed by atoms with Gasteiger partial charge in [-0.1, -0.05) is 24.3 Å². The summed E-state index contributed by atoms with van der Waals surface area (Å²) in [5.74, 6) is 0.865. The van der Waals surface area contributed by atoms with E-state index < -0.39 is 0 Å². The van der Waals surface area contributed by atoms with Crippen LogP contribution >= 0.6 is 0 Å². The molecular formula is C19H21N3O2. The largest absolute Gasteiger partial charge is 0.487 e. The highest BCUT2D eigenvalue weighted by Gasteiger charge is 2.06. The van der Waals surface area contributed by atoms with Gasteiger partial charge in [-0.05, 0) is 41.8 Å². The van der Waals surface area contributed by atoms with Crippen molar-refractivity contribution in [3.63, 3.8) is 0 Å². The summed E-state index contributed by atoms with van der Waals surface area (Å²) in [7, 11) is 0. The third-order valence-electron chi connectivity index (χ3n) is 3.88. The third-order valence-corrected chi connectivity index (χ3v) is 3.88. The van der Waals surface area contributed by atoms with E-state index in [-0.39, 0.29) is 6.61 Å². The second kappa shape index (κ2) is 8.26. The maximum Gasteiger partial charge on any atom is 0.132 e. The number of rotatable bonds is 7. The summed E-state index contributed by atoms with van der Waals surface area (Å²) in [5, 5.41) is 16.9. The monoisotopic (exact) mass is 323 g/mol. The lowest BCUT2D eigenvalue weighted by molar-refractivity contribution is 0.200. The van der Waals surface area contributed by atoms with Gasteiger partial charge in [0.1, 0.15) is 18.1 Å². The van der Waals surface area contributed by atoms with Gasteiger partial charge in [-0.2, -0.15) is 10.2 Å². The van der Waals surface area contributed by atoms with E-state index in [0.717, 1.165) is 36.5 Å². The zero-order valence-electron chi connectivity index (χ0n) is 13.5. The molecule has 124 valence electrons. The van der Waals surface area contributed by atoms with Gasteiger partial charge >= 0.3 is 0 Å². The average Bonchev–Trinajstić information content (AvgIpc) is 2.67. The highest BCUT2D eigenvalue weighted by molar-refractivity contribution is 5.23. The van der Waals surface area contributed by atoms with E-state index in [0.29, 0.717) is 6.61 Å². The lowest BCUT2D eigenvalue weighted by Crippen LogP contribution is -2.23. The lowest BCUT2D eigenvalue weighted by Gasteiger charge is -2.22. The first-order chi connectivity index (χ1) is 11.8. The van der Waals surface area contributed by atoms with Crippen LogP contribution in [-0.2, 0) is 24.4 Å². The molecule has 2 aromatic rings. The van der Waals surface area contributed by atoms with E-state index in [1.165, 1.54) is 5.56 Å². The fourth-order valence-electron chi connectivity index (χ4n) is 2.44. The van der Waals surface area contributed by atoms with E-state index in [4.69, 9.17) is 9.84 Å². The van der Waals surface area contributed by atoms with Crippen LogP contribution in [0.4, 0.5) is 0 Å². The van der Waals surface area contributed by atoms with Crippen molar-refractivity contribution < 1.29 is 9.84 Å². The van der Waals surface area contributed by atoms with E-state index in [1.54, 1.807) is 6.20 Å². The van der Waals surface area contributed by atoms with E-state index in [1.807, 2.05) is 30.3 Å². The summed E-state index contributed by atoms with van der Waals surface area (Å²) in [5.41, 5.74) is 3.04. The van der Waals surface area contributed by atoms with Crippen LogP contribution in [0.5, 0.6) is 0 Å². The predicted molar refractivity (Wildman–Crippen MR) is 91.7 cm³/mol. The molecule has 24 heavy (non-hydrogen) atoms. The summed E-state index contributed by atoms with van der Waals surface area (Å²) in [6.07, 6.45) is 8.74. The SMILES string of the molecule is OCc1ccc(CCN2C=CC(OCc3cccnn3)=CC2)cc1. The molecule has 0 aliphatic carbocycles. The highest BCUT2D eigenvalue weighted by atomic mass is 16.5. The Morgan fingerprint density at radius 2 is 1.96 bits per heavy atom. The minimum Gasteiger partial charge on any atom is -0.487 e. The molecule has 0 bridgehead atoms. The molecule has 5 heteroatoms. The number of aliphatic hydroxyl groups is 1. The number of hydrogen-bond acceptors (Lipinski definition) is 5. The predicted octanol–water partition coefficient (Wildman–Crippen LogP) is 2.44. The smallest absolute Gasteiger partial charge is 0.132 e. The number of ether oxygens (including phenoxy) is 1. The van der Waals surface area contributed by atoms with Gasteiger partial charge < -0.3 is 14.7 Å². The van der Waals surface area contributed by atoms with Crippen molar-refractivity contribution in [1.29, 1.82) is 0 Å². The molecule has 5 nitrogen and oxygen atoms in total.